The van der Waals surface area contributed by atoms with Gasteiger partial charge in [0.1, 0.15) is 17.2 Å². The van der Waals surface area contributed by atoms with Gasteiger partial charge in [-0.1, -0.05) is 17.8 Å². The van der Waals surface area contributed by atoms with Gasteiger partial charge >= 0.3 is 0 Å². The molecule has 3 rings (SSSR count). The third-order valence-electron chi connectivity index (χ3n) is 4.00. The number of benzene rings is 2. The topological polar surface area (TPSA) is 114 Å². The van der Waals surface area contributed by atoms with E-state index >= 15 is 0 Å². The standard InChI is InChI=1S/C19H21N5O4S/c1-26-13-6-4-5-12(9-13)21-17(25)11-29-19-23-22-18(24(19)20)15-8-7-14(27-2)10-16(15)28-3/h4-10H,11,20H2,1-3H3,(H,21,25). The number of anilines is 1. The van der Waals surface area contributed by atoms with Crippen molar-refractivity contribution in [1.29, 1.82) is 0 Å². The molecule has 0 atom stereocenters. The van der Waals surface area contributed by atoms with Gasteiger partial charge in [0.05, 0.1) is 32.6 Å². The van der Waals surface area contributed by atoms with Crippen LogP contribution in [-0.4, -0.2) is 47.9 Å². The Labute approximate surface area is 172 Å². The Balaban J connectivity index is 1.69. The highest BCUT2D eigenvalue weighted by atomic mass is 32.2. The van der Waals surface area contributed by atoms with Crippen LogP contribution in [0.2, 0.25) is 0 Å². The first-order chi connectivity index (χ1) is 14.0. The lowest BCUT2D eigenvalue weighted by molar-refractivity contribution is -0.113. The van der Waals surface area contributed by atoms with Crippen LogP contribution >= 0.6 is 11.8 Å². The molecule has 0 fully saturated rings. The van der Waals surface area contributed by atoms with Crippen molar-refractivity contribution in [2.45, 2.75) is 5.16 Å². The van der Waals surface area contributed by atoms with Crippen LogP contribution in [0.25, 0.3) is 11.4 Å². The van der Waals surface area contributed by atoms with E-state index in [4.69, 9.17) is 20.1 Å². The number of ether oxygens (including phenoxy) is 3. The Bertz CT molecular complexity index is 1010. The summed E-state index contributed by atoms with van der Waals surface area (Å²) < 4.78 is 17.1. The highest BCUT2D eigenvalue weighted by Crippen LogP contribution is 2.33. The van der Waals surface area contributed by atoms with Crippen molar-refractivity contribution in [2.24, 2.45) is 0 Å². The molecule has 1 amide bonds. The summed E-state index contributed by atoms with van der Waals surface area (Å²) in [5.41, 5.74) is 1.31. The molecule has 1 heterocycles. The lowest BCUT2D eigenvalue weighted by Gasteiger charge is -2.10. The number of carbonyl (C=O) groups excluding carboxylic acids is 1. The first-order valence-corrected chi connectivity index (χ1v) is 9.54. The maximum atomic E-state index is 12.2. The third kappa shape index (κ3) is 4.72. The van der Waals surface area contributed by atoms with Crippen molar-refractivity contribution in [3.63, 3.8) is 0 Å². The molecule has 1 aromatic heterocycles. The molecule has 10 heteroatoms. The SMILES string of the molecule is COc1cccc(NC(=O)CSc2nnc(-c3ccc(OC)cc3OC)n2N)c1. The van der Waals surface area contributed by atoms with Gasteiger partial charge in [0, 0.05) is 17.8 Å². The van der Waals surface area contributed by atoms with E-state index in [9.17, 15) is 4.79 Å². The van der Waals surface area contributed by atoms with Crippen LogP contribution in [0.1, 0.15) is 0 Å². The summed E-state index contributed by atoms with van der Waals surface area (Å²) in [6.07, 6.45) is 0. The summed E-state index contributed by atoms with van der Waals surface area (Å²) in [6, 6.07) is 12.4. The predicted molar refractivity (Wildman–Crippen MR) is 111 cm³/mol. The third-order valence-corrected chi connectivity index (χ3v) is 4.94. The van der Waals surface area contributed by atoms with Crippen LogP contribution in [-0.2, 0) is 4.79 Å². The maximum Gasteiger partial charge on any atom is 0.234 e. The van der Waals surface area contributed by atoms with Crippen molar-refractivity contribution in [2.75, 3.05) is 38.2 Å². The molecule has 9 nitrogen and oxygen atoms in total. The molecule has 0 saturated heterocycles. The molecular formula is C19H21N5O4S. The van der Waals surface area contributed by atoms with Crippen molar-refractivity contribution in [3.05, 3.63) is 42.5 Å². The van der Waals surface area contributed by atoms with E-state index in [2.05, 4.69) is 15.5 Å². The number of rotatable bonds is 8. The second-order valence-corrected chi connectivity index (χ2v) is 6.75. The van der Waals surface area contributed by atoms with E-state index in [1.54, 1.807) is 63.8 Å². The Morgan fingerprint density at radius 3 is 2.55 bits per heavy atom. The summed E-state index contributed by atoms with van der Waals surface area (Å²) in [5.74, 6) is 8.34. The van der Waals surface area contributed by atoms with Crippen molar-refractivity contribution in [1.82, 2.24) is 14.9 Å². The van der Waals surface area contributed by atoms with Gasteiger partial charge in [-0.25, -0.2) is 4.68 Å². The first kappa shape index (κ1) is 20.3. The molecule has 2 aromatic carbocycles. The lowest BCUT2D eigenvalue weighted by Crippen LogP contribution is -2.16. The van der Waals surface area contributed by atoms with Gasteiger partial charge in [-0.05, 0) is 24.3 Å². The van der Waals surface area contributed by atoms with Gasteiger partial charge in [0.25, 0.3) is 0 Å². The Hall–Kier alpha value is -3.40. The summed E-state index contributed by atoms with van der Waals surface area (Å²) in [5, 5.41) is 11.4. The van der Waals surface area contributed by atoms with Crippen LogP contribution < -0.4 is 25.4 Å². The molecule has 0 spiro atoms. The lowest BCUT2D eigenvalue weighted by atomic mass is 10.2. The van der Waals surface area contributed by atoms with Crippen molar-refractivity contribution in [3.8, 4) is 28.6 Å². The number of methoxy groups -OCH3 is 3. The van der Waals surface area contributed by atoms with E-state index in [0.29, 0.717) is 39.5 Å². The summed E-state index contributed by atoms with van der Waals surface area (Å²) >= 11 is 1.18. The van der Waals surface area contributed by atoms with Gasteiger partial charge in [0.2, 0.25) is 11.1 Å². The minimum Gasteiger partial charge on any atom is -0.497 e. The van der Waals surface area contributed by atoms with Crippen LogP contribution in [0.3, 0.4) is 0 Å². The molecule has 0 unspecified atom stereocenters. The fourth-order valence-electron chi connectivity index (χ4n) is 2.57. The molecule has 0 bridgehead atoms. The zero-order valence-electron chi connectivity index (χ0n) is 16.2. The van der Waals surface area contributed by atoms with Gasteiger partial charge in [0.15, 0.2) is 5.82 Å². The van der Waals surface area contributed by atoms with Gasteiger partial charge in [-0.3, -0.25) is 4.79 Å². The average Bonchev–Trinajstić information content (AvgIpc) is 3.11. The largest absolute Gasteiger partial charge is 0.497 e. The second-order valence-electron chi connectivity index (χ2n) is 5.81. The van der Waals surface area contributed by atoms with Crippen molar-refractivity contribution >= 4 is 23.4 Å². The van der Waals surface area contributed by atoms with E-state index < -0.39 is 0 Å². The molecule has 0 saturated carbocycles. The number of nitrogens with two attached hydrogens (primary N) is 1. The monoisotopic (exact) mass is 415 g/mol. The first-order valence-electron chi connectivity index (χ1n) is 8.55. The number of amides is 1. The molecule has 29 heavy (non-hydrogen) atoms. The Morgan fingerprint density at radius 1 is 1.07 bits per heavy atom. The van der Waals surface area contributed by atoms with Crippen LogP contribution in [0.5, 0.6) is 17.2 Å². The van der Waals surface area contributed by atoms with E-state index in [0.717, 1.165) is 0 Å². The highest BCUT2D eigenvalue weighted by Gasteiger charge is 2.17. The zero-order chi connectivity index (χ0) is 20.8. The van der Waals surface area contributed by atoms with Gasteiger partial charge in [-0.2, -0.15) is 0 Å². The predicted octanol–water partition coefficient (Wildman–Crippen LogP) is 2.42. The Morgan fingerprint density at radius 2 is 1.83 bits per heavy atom. The normalized spacial score (nSPS) is 10.4. The van der Waals surface area contributed by atoms with Crippen LogP contribution in [0.15, 0.2) is 47.6 Å². The fraction of sp³-hybridized carbons (Fsp3) is 0.211. The number of carbonyl (C=O) groups is 1. The van der Waals surface area contributed by atoms with E-state index in [-0.39, 0.29) is 11.7 Å². The number of nitrogens with zero attached hydrogens (tertiary/aromatic N) is 3. The second kappa shape index (κ2) is 9.20. The minimum atomic E-state index is -0.199. The maximum absolute atomic E-state index is 12.2. The molecule has 0 aliphatic rings. The Kier molecular flexibility index (Phi) is 6.45. The number of aromatic nitrogens is 3. The van der Waals surface area contributed by atoms with E-state index in [1.807, 2.05) is 0 Å². The minimum absolute atomic E-state index is 0.117. The number of nitrogen functional groups attached to an aromatic ring is 1. The number of hydrogen-bond acceptors (Lipinski definition) is 8. The quantitative estimate of drug-likeness (QED) is 0.426. The smallest absolute Gasteiger partial charge is 0.234 e. The molecule has 152 valence electrons. The molecule has 3 aromatic rings. The van der Waals surface area contributed by atoms with Gasteiger partial charge in [-0.15, -0.1) is 10.2 Å². The van der Waals surface area contributed by atoms with E-state index in [1.165, 1.54) is 16.4 Å². The van der Waals surface area contributed by atoms with Crippen molar-refractivity contribution < 1.29 is 19.0 Å². The summed E-state index contributed by atoms with van der Waals surface area (Å²) in [4.78, 5) is 12.2. The molecular weight excluding hydrogens is 394 g/mol. The fourth-order valence-corrected chi connectivity index (χ4v) is 3.23. The number of thioether (sulfide) groups is 1. The molecule has 3 N–H and O–H groups in total. The average molecular weight is 415 g/mol. The molecule has 0 radical (unpaired) electrons. The zero-order valence-corrected chi connectivity index (χ0v) is 17.0. The highest BCUT2D eigenvalue weighted by molar-refractivity contribution is 7.99. The summed E-state index contributed by atoms with van der Waals surface area (Å²) in [6.45, 7) is 0. The number of nitrogens with one attached hydrogen (secondary N) is 1. The van der Waals surface area contributed by atoms with Gasteiger partial charge < -0.3 is 25.4 Å². The molecule has 0 aliphatic carbocycles. The van der Waals surface area contributed by atoms with Crippen LogP contribution in [0.4, 0.5) is 5.69 Å². The molecule has 0 aliphatic heterocycles. The number of hydrogen-bond donors (Lipinski definition) is 2. The van der Waals surface area contributed by atoms with Crippen LogP contribution in [0, 0.1) is 0 Å². The summed E-state index contributed by atoms with van der Waals surface area (Å²) in [7, 11) is 4.69.